The van der Waals surface area contributed by atoms with Crippen molar-refractivity contribution < 1.29 is 0 Å². The highest BCUT2D eigenvalue weighted by atomic mass is 35.5. The Balaban J connectivity index is 2.72. The Labute approximate surface area is 124 Å². The van der Waals surface area contributed by atoms with E-state index in [0.29, 0.717) is 21.2 Å². The molecular weight excluding hydrogens is 294 g/mol. The molecule has 0 aliphatic heterocycles. The Bertz CT molecular complexity index is 730. The molecule has 0 atom stereocenters. The van der Waals surface area contributed by atoms with E-state index in [9.17, 15) is 5.26 Å². The molecule has 0 saturated carbocycles. The molecule has 1 aromatic heterocycles. The first-order valence-electron chi connectivity index (χ1n) is 5.49. The van der Waals surface area contributed by atoms with E-state index < -0.39 is 0 Å². The quantitative estimate of drug-likeness (QED) is 0.348. The first-order chi connectivity index (χ1) is 9.69. The average molecular weight is 302 g/mol. The van der Waals surface area contributed by atoms with Gasteiger partial charge in [0.15, 0.2) is 0 Å². The zero-order valence-corrected chi connectivity index (χ0v) is 12.0. The predicted molar refractivity (Wildman–Crippen MR) is 80.0 cm³/mol. The molecule has 0 aliphatic carbocycles. The topological polar surface area (TPSA) is 85.4 Å². The summed E-state index contributed by atoms with van der Waals surface area (Å²) in [6, 6.07) is 10.8. The molecule has 0 N–H and O–H groups in total. The van der Waals surface area contributed by atoms with E-state index in [2.05, 4.69) is 21.1 Å². The maximum absolute atomic E-state index is 9.33. The number of hydrogen-bond acceptors (Lipinski definition) is 4. The zero-order chi connectivity index (χ0) is 14.5. The van der Waals surface area contributed by atoms with Crippen LogP contribution in [0.15, 0.2) is 40.5 Å². The van der Waals surface area contributed by atoms with Gasteiger partial charge in [0.2, 0.25) is 0 Å². The Kier molecular flexibility index (Phi) is 4.49. The monoisotopic (exact) mass is 301 g/mol. The van der Waals surface area contributed by atoms with Crippen molar-refractivity contribution in [1.82, 2.24) is 4.98 Å². The number of azide groups is 1. The second kappa shape index (κ2) is 6.31. The molecule has 0 bridgehead atoms. The first-order valence-corrected chi connectivity index (χ1v) is 7.10. The molecule has 20 heavy (non-hydrogen) atoms. The van der Waals surface area contributed by atoms with Crippen molar-refractivity contribution in [2.45, 2.75) is 5.03 Å². The summed E-state index contributed by atoms with van der Waals surface area (Å²) < 4.78 is 0. The highest BCUT2D eigenvalue weighted by molar-refractivity contribution is 7.98. The summed E-state index contributed by atoms with van der Waals surface area (Å²) in [5, 5.41) is 14.0. The molecule has 0 amide bonds. The summed E-state index contributed by atoms with van der Waals surface area (Å²) in [6.07, 6.45) is 1.81. The van der Waals surface area contributed by atoms with Gasteiger partial charge in [0, 0.05) is 15.5 Å². The Morgan fingerprint density at radius 3 is 2.65 bits per heavy atom. The van der Waals surface area contributed by atoms with Gasteiger partial charge in [-0.25, -0.2) is 4.98 Å². The number of aromatic nitrogens is 1. The van der Waals surface area contributed by atoms with Crippen LogP contribution in [-0.4, -0.2) is 11.2 Å². The minimum absolute atomic E-state index is 0.237. The van der Waals surface area contributed by atoms with E-state index >= 15 is 0 Å². The lowest BCUT2D eigenvalue weighted by molar-refractivity contribution is 1.10. The smallest absolute Gasteiger partial charge is 0.128 e. The van der Waals surface area contributed by atoms with E-state index in [1.54, 1.807) is 18.2 Å². The zero-order valence-electron chi connectivity index (χ0n) is 10.4. The fourth-order valence-electron chi connectivity index (χ4n) is 1.72. The molecule has 0 radical (unpaired) electrons. The van der Waals surface area contributed by atoms with Gasteiger partial charge in [-0.15, -0.1) is 11.8 Å². The van der Waals surface area contributed by atoms with Crippen LogP contribution >= 0.6 is 23.4 Å². The molecular formula is C13H8ClN5S. The lowest BCUT2D eigenvalue weighted by Gasteiger charge is -2.09. The third-order valence-electron chi connectivity index (χ3n) is 2.58. The molecule has 5 nitrogen and oxygen atoms in total. The SMILES string of the molecule is CSc1nc(N=[N+]=[N-])cc(-c2ccc(Cl)cc2)c1C#N. The van der Waals surface area contributed by atoms with Crippen molar-refractivity contribution in [3.05, 3.63) is 51.4 Å². The number of halogens is 1. The van der Waals surface area contributed by atoms with Crippen LogP contribution in [0.2, 0.25) is 5.02 Å². The van der Waals surface area contributed by atoms with Crippen LogP contribution in [0, 0.1) is 11.3 Å². The van der Waals surface area contributed by atoms with Crippen molar-refractivity contribution in [3.63, 3.8) is 0 Å². The van der Waals surface area contributed by atoms with Gasteiger partial charge in [0.25, 0.3) is 0 Å². The summed E-state index contributed by atoms with van der Waals surface area (Å²) in [6.45, 7) is 0. The van der Waals surface area contributed by atoms with Gasteiger partial charge in [-0.2, -0.15) is 5.26 Å². The number of hydrogen-bond donors (Lipinski definition) is 0. The van der Waals surface area contributed by atoms with Gasteiger partial charge in [-0.1, -0.05) is 23.7 Å². The molecule has 7 heteroatoms. The highest BCUT2D eigenvalue weighted by Gasteiger charge is 2.13. The van der Waals surface area contributed by atoms with Crippen LogP contribution in [0.3, 0.4) is 0 Å². The van der Waals surface area contributed by atoms with Crippen molar-refractivity contribution in [3.8, 4) is 17.2 Å². The van der Waals surface area contributed by atoms with E-state index in [4.69, 9.17) is 17.1 Å². The molecule has 0 aliphatic rings. The van der Waals surface area contributed by atoms with E-state index in [-0.39, 0.29) is 5.82 Å². The summed E-state index contributed by atoms with van der Waals surface area (Å²) >= 11 is 7.19. The minimum atomic E-state index is 0.237. The fourth-order valence-corrected chi connectivity index (χ4v) is 2.39. The van der Waals surface area contributed by atoms with Crippen LogP contribution < -0.4 is 0 Å². The van der Waals surface area contributed by atoms with E-state index in [0.717, 1.165) is 5.56 Å². The average Bonchev–Trinajstić information content (AvgIpc) is 2.47. The number of pyridine rings is 1. The minimum Gasteiger partial charge on any atom is -0.238 e. The molecule has 1 aromatic carbocycles. The highest BCUT2D eigenvalue weighted by Crippen LogP contribution is 2.33. The second-order valence-corrected chi connectivity index (χ2v) is 4.95. The molecule has 2 rings (SSSR count). The second-order valence-electron chi connectivity index (χ2n) is 3.72. The molecule has 1 heterocycles. The third kappa shape index (κ3) is 2.86. The van der Waals surface area contributed by atoms with Gasteiger partial charge in [-0.05, 0) is 40.7 Å². The van der Waals surface area contributed by atoms with Gasteiger partial charge in [-0.3, -0.25) is 0 Å². The van der Waals surface area contributed by atoms with Gasteiger partial charge < -0.3 is 0 Å². The van der Waals surface area contributed by atoms with Crippen molar-refractivity contribution in [1.29, 1.82) is 5.26 Å². The summed E-state index contributed by atoms with van der Waals surface area (Å²) in [5.74, 6) is 0.237. The first kappa shape index (κ1) is 14.2. The molecule has 0 spiro atoms. The Morgan fingerprint density at radius 1 is 1.40 bits per heavy atom. The molecule has 0 fully saturated rings. The summed E-state index contributed by atoms with van der Waals surface area (Å²) in [7, 11) is 0. The number of thioether (sulfide) groups is 1. The molecule has 0 unspecified atom stereocenters. The van der Waals surface area contributed by atoms with Gasteiger partial charge in [0.1, 0.15) is 16.9 Å². The van der Waals surface area contributed by atoms with Crippen LogP contribution in [0.1, 0.15) is 5.56 Å². The van der Waals surface area contributed by atoms with Gasteiger partial charge in [0.05, 0.1) is 5.56 Å². The van der Waals surface area contributed by atoms with Crippen molar-refractivity contribution in [2.24, 2.45) is 5.11 Å². The maximum atomic E-state index is 9.33. The lowest BCUT2D eigenvalue weighted by Crippen LogP contribution is -1.91. The van der Waals surface area contributed by atoms with Crippen LogP contribution in [0.4, 0.5) is 5.82 Å². The van der Waals surface area contributed by atoms with Crippen LogP contribution in [0.5, 0.6) is 0 Å². The van der Waals surface area contributed by atoms with Gasteiger partial charge >= 0.3 is 0 Å². The number of rotatable bonds is 3. The molecule has 98 valence electrons. The number of nitriles is 1. The van der Waals surface area contributed by atoms with Crippen molar-refractivity contribution in [2.75, 3.05) is 6.26 Å². The number of benzene rings is 1. The number of nitrogens with zero attached hydrogens (tertiary/aromatic N) is 5. The fraction of sp³-hybridized carbons (Fsp3) is 0.0769. The standard InChI is InChI=1S/C13H8ClN5S/c1-20-13-11(7-15)10(6-12(17-13)18-19-16)8-2-4-9(14)5-3-8/h2-6H,1H3. The predicted octanol–water partition coefficient (Wildman–Crippen LogP) is 4.94. The van der Waals surface area contributed by atoms with Crippen LogP contribution in [0.25, 0.3) is 21.6 Å². The Hall–Kier alpha value is -2.19. The van der Waals surface area contributed by atoms with Crippen LogP contribution in [-0.2, 0) is 0 Å². The Morgan fingerprint density at radius 2 is 2.10 bits per heavy atom. The van der Waals surface area contributed by atoms with Crippen molar-refractivity contribution >= 4 is 29.2 Å². The lowest BCUT2D eigenvalue weighted by atomic mass is 10.0. The maximum Gasteiger partial charge on any atom is 0.128 e. The van der Waals surface area contributed by atoms with E-state index in [1.807, 2.05) is 18.4 Å². The third-order valence-corrected chi connectivity index (χ3v) is 3.51. The summed E-state index contributed by atoms with van der Waals surface area (Å²) in [5.41, 5.74) is 10.5. The normalized spacial score (nSPS) is 9.65. The van der Waals surface area contributed by atoms with E-state index in [1.165, 1.54) is 11.8 Å². The molecule has 0 saturated heterocycles. The largest absolute Gasteiger partial charge is 0.238 e. The summed E-state index contributed by atoms with van der Waals surface area (Å²) in [4.78, 5) is 6.88. The molecule has 2 aromatic rings.